The maximum Gasteiger partial charge on any atom is 0.111 e. The quantitative estimate of drug-likeness (QED) is 0.832. The van der Waals surface area contributed by atoms with Gasteiger partial charge in [-0.25, -0.2) is 0 Å². The predicted molar refractivity (Wildman–Crippen MR) is 75.6 cm³/mol. The van der Waals surface area contributed by atoms with E-state index in [4.69, 9.17) is 5.73 Å². The summed E-state index contributed by atoms with van der Waals surface area (Å²) in [5, 5.41) is 14.6. The number of aryl methyl sites for hydroxylation is 1. The zero-order chi connectivity index (χ0) is 13.7. The van der Waals surface area contributed by atoms with E-state index in [0.717, 1.165) is 24.2 Å². The molecule has 0 bridgehead atoms. The average Bonchev–Trinajstić information content (AvgIpc) is 2.87. The Hall–Kier alpha value is -1.65. The fraction of sp³-hybridized carbons (Fsp3) is 0.400. The zero-order valence-electron chi connectivity index (χ0n) is 11.2. The summed E-state index contributed by atoms with van der Waals surface area (Å²) in [6.45, 7) is 2.89. The minimum absolute atomic E-state index is 0.324. The first-order valence-corrected chi connectivity index (χ1v) is 6.71. The fourth-order valence-corrected chi connectivity index (χ4v) is 2.21. The van der Waals surface area contributed by atoms with Gasteiger partial charge in [-0.2, -0.15) is 5.10 Å². The van der Waals surface area contributed by atoms with Crippen LogP contribution in [0.4, 0.5) is 0 Å². The van der Waals surface area contributed by atoms with Crippen LogP contribution in [-0.4, -0.2) is 20.9 Å². The summed E-state index contributed by atoms with van der Waals surface area (Å²) in [7, 11) is 0. The lowest BCUT2D eigenvalue weighted by Gasteiger charge is -2.20. The lowest BCUT2D eigenvalue weighted by molar-refractivity contribution is 0.135. The van der Waals surface area contributed by atoms with Gasteiger partial charge in [-0.05, 0) is 24.5 Å². The van der Waals surface area contributed by atoms with E-state index < -0.39 is 6.10 Å². The second-order valence-corrected chi connectivity index (χ2v) is 4.78. The largest absolute Gasteiger partial charge is 0.385 e. The third-order valence-corrected chi connectivity index (χ3v) is 3.21. The summed E-state index contributed by atoms with van der Waals surface area (Å²) in [6.07, 6.45) is 2.66. The summed E-state index contributed by atoms with van der Waals surface area (Å²) < 4.78 is 1.83. The van der Waals surface area contributed by atoms with Crippen LogP contribution in [0, 0.1) is 0 Å². The van der Waals surface area contributed by atoms with Gasteiger partial charge < -0.3 is 10.8 Å². The van der Waals surface area contributed by atoms with Gasteiger partial charge in [0, 0.05) is 18.8 Å². The average molecular weight is 259 g/mol. The van der Waals surface area contributed by atoms with Crippen molar-refractivity contribution in [3.05, 3.63) is 53.9 Å². The molecule has 4 nitrogen and oxygen atoms in total. The van der Waals surface area contributed by atoms with E-state index in [1.165, 1.54) is 0 Å². The van der Waals surface area contributed by atoms with Gasteiger partial charge in [-0.3, -0.25) is 4.68 Å². The molecule has 1 aromatic carbocycles. The molecule has 0 aliphatic rings. The van der Waals surface area contributed by atoms with E-state index in [2.05, 4.69) is 12.0 Å². The number of nitrogens with two attached hydrogens (primary N) is 1. The molecule has 2 aromatic rings. The molecule has 3 N–H and O–H groups in total. The third kappa shape index (κ3) is 3.43. The van der Waals surface area contributed by atoms with Crippen LogP contribution in [0.3, 0.4) is 0 Å². The van der Waals surface area contributed by atoms with Crippen molar-refractivity contribution >= 4 is 0 Å². The number of benzene rings is 1. The van der Waals surface area contributed by atoms with Crippen molar-refractivity contribution in [3.63, 3.8) is 0 Å². The van der Waals surface area contributed by atoms with Crippen LogP contribution in [0.15, 0.2) is 42.6 Å². The topological polar surface area (TPSA) is 64.1 Å². The predicted octanol–water partition coefficient (Wildman–Crippen LogP) is 1.90. The van der Waals surface area contributed by atoms with Crippen LogP contribution in [0.2, 0.25) is 0 Å². The van der Waals surface area contributed by atoms with Crippen LogP contribution < -0.4 is 5.73 Å². The number of aliphatic hydroxyl groups excluding tert-OH is 1. The molecule has 0 fully saturated rings. The summed E-state index contributed by atoms with van der Waals surface area (Å²) in [5.74, 6) is 0. The Morgan fingerprint density at radius 3 is 2.68 bits per heavy atom. The van der Waals surface area contributed by atoms with Crippen molar-refractivity contribution in [1.82, 2.24) is 9.78 Å². The summed E-state index contributed by atoms with van der Waals surface area (Å²) in [4.78, 5) is 0. The molecule has 2 rings (SSSR count). The van der Waals surface area contributed by atoms with Gasteiger partial charge in [0.1, 0.15) is 6.10 Å². The van der Waals surface area contributed by atoms with Gasteiger partial charge in [-0.15, -0.1) is 0 Å². The van der Waals surface area contributed by atoms with E-state index in [1.54, 1.807) is 6.20 Å². The number of nitrogens with zero attached hydrogens (tertiary/aromatic N) is 2. The normalized spacial score (nSPS) is 14.3. The van der Waals surface area contributed by atoms with Crippen molar-refractivity contribution in [2.24, 2.45) is 5.73 Å². The molecule has 102 valence electrons. The highest BCUT2D eigenvalue weighted by Gasteiger charge is 2.20. The van der Waals surface area contributed by atoms with Crippen molar-refractivity contribution in [3.8, 4) is 0 Å². The summed E-state index contributed by atoms with van der Waals surface area (Å²) in [5.41, 5.74) is 8.05. The number of hydrogen-bond donors (Lipinski definition) is 2. The monoisotopic (exact) mass is 259 g/mol. The molecule has 0 aliphatic heterocycles. The molecule has 2 atom stereocenters. The standard InChI is InChI=1S/C15H21N3O/c1-2-10-18-14(8-9-17-18)15(19)13(16)11-12-6-4-3-5-7-12/h3-9,13,15,19H,2,10-11,16H2,1H3. The van der Waals surface area contributed by atoms with Gasteiger partial charge in [0.05, 0.1) is 5.69 Å². The summed E-state index contributed by atoms with van der Waals surface area (Å²) >= 11 is 0. The molecule has 2 unspecified atom stereocenters. The maximum atomic E-state index is 10.4. The van der Waals surface area contributed by atoms with Gasteiger partial charge in [0.15, 0.2) is 0 Å². The molecule has 0 radical (unpaired) electrons. The minimum atomic E-state index is -0.686. The lowest BCUT2D eigenvalue weighted by atomic mass is 10.00. The van der Waals surface area contributed by atoms with E-state index in [9.17, 15) is 5.11 Å². The van der Waals surface area contributed by atoms with Gasteiger partial charge >= 0.3 is 0 Å². The van der Waals surface area contributed by atoms with Crippen LogP contribution in [0.1, 0.15) is 30.7 Å². The molecular weight excluding hydrogens is 238 g/mol. The molecule has 0 aliphatic carbocycles. The first-order valence-electron chi connectivity index (χ1n) is 6.71. The minimum Gasteiger partial charge on any atom is -0.385 e. The molecule has 1 aromatic heterocycles. The molecule has 1 heterocycles. The SMILES string of the molecule is CCCn1nccc1C(O)C(N)Cc1ccccc1. The Bertz CT molecular complexity index is 495. The second kappa shape index (κ2) is 6.50. The highest BCUT2D eigenvalue weighted by Crippen LogP contribution is 2.18. The first kappa shape index (κ1) is 13.8. The van der Waals surface area contributed by atoms with Crippen LogP contribution >= 0.6 is 0 Å². The van der Waals surface area contributed by atoms with Crippen LogP contribution in [-0.2, 0) is 13.0 Å². The van der Waals surface area contributed by atoms with Crippen molar-refractivity contribution < 1.29 is 5.11 Å². The third-order valence-electron chi connectivity index (χ3n) is 3.21. The Labute approximate surface area is 113 Å². The Balaban J connectivity index is 2.06. The molecule has 0 spiro atoms. The lowest BCUT2D eigenvalue weighted by Crippen LogP contribution is -2.32. The Kier molecular flexibility index (Phi) is 4.71. The second-order valence-electron chi connectivity index (χ2n) is 4.78. The van der Waals surface area contributed by atoms with Crippen molar-refractivity contribution in [1.29, 1.82) is 0 Å². The van der Waals surface area contributed by atoms with Gasteiger partial charge in [0.25, 0.3) is 0 Å². The number of rotatable bonds is 6. The van der Waals surface area contributed by atoms with Gasteiger partial charge in [0.2, 0.25) is 0 Å². The highest BCUT2D eigenvalue weighted by molar-refractivity contribution is 5.17. The van der Waals surface area contributed by atoms with Crippen molar-refractivity contribution in [2.45, 2.75) is 38.5 Å². The van der Waals surface area contributed by atoms with E-state index in [1.807, 2.05) is 41.1 Å². The fourth-order valence-electron chi connectivity index (χ4n) is 2.21. The molecule has 19 heavy (non-hydrogen) atoms. The van der Waals surface area contributed by atoms with Crippen LogP contribution in [0.5, 0.6) is 0 Å². The van der Waals surface area contributed by atoms with Gasteiger partial charge in [-0.1, -0.05) is 37.3 Å². The number of hydrogen-bond acceptors (Lipinski definition) is 3. The van der Waals surface area contributed by atoms with E-state index >= 15 is 0 Å². The molecule has 4 heteroatoms. The Morgan fingerprint density at radius 1 is 1.26 bits per heavy atom. The highest BCUT2D eigenvalue weighted by atomic mass is 16.3. The zero-order valence-corrected chi connectivity index (χ0v) is 11.2. The Morgan fingerprint density at radius 2 is 2.00 bits per heavy atom. The number of aromatic nitrogens is 2. The first-order chi connectivity index (χ1) is 9.22. The van der Waals surface area contributed by atoms with E-state index in [0.29, 0.717) is 6.42 Å². The van der Waals surface area contributed by atoms with E-state index in [-0.39, 0.29) is 6.04 Å². The summed E-state index contributed by atoms with van der Waals surface area (Å²) in [6, 6.07) is 11.5. The molecule has 0 amide bonds. The molecule has 0 saturated carbocycles. The van der Waals surface area contributed by atoms with Crippen molar-refractivity contribution in [2.75, 3.05) is 0 Å². The molecular formula is C15H21N3O. The molecule has 0 saturated heterocycles. The van der Waals surface area contributed by atoms with Crippen LogP contribution in [0.25, 0.3) is 0 Å². The smallest absolute Gasteiger partial charge is 0.111 e. The maximum absolute atomic E-state index is 10.4. The number of aliphatic hydroxyl groups is 1.